The lowest BCUT2D eigenvalue weighted by molar-refractivity contribution is -0.128. The van der Waals surface area contributed by atoms with E-state index >= 15 is 0 Å². The van der Waals surface area contributed by atoms with Crippen molar-refractivity contribution in [2.24, 2.45) is 0 Å². The molecule has 70 valence electrons. The van der Waals surface area contributed by atoms with E-state index in [2.05, 4.69) is 0 Å². The summed E-state index contributed by atoms with van der Waals surface area (Å²) in [5, 5.41) is 7.21. The molecule has 0 bridgehead atoms. The molecule has 1 aliphatic rings. The molecule has 0 aromatic carbocycles. The molecule has 12 heavy (non-hydrogen) atoms. The lowest BCUT2D eigenvalue weighted by atomic mass is 10.2. The molecule has 6 heteroatoms. The third kappa shape index (κ3) is 1.75. The summed E-state index contributed by atoms with van der Waals surface area (Å²) >= 11 is 0. The first-order valence-corrected chi connectivity index (χ1v) is 5.45. The molecule has 0 radical (unpaired) electrons. The maximum Gasteiger partial charge on any atom is 0.261 e. The van der Waals surface area contributed by atoms with Gasteiger partial charge in [0, 0.05) is 0 Å². The highest BCUT2D eigenvalue weighted by Crippen LogP contribution is 2.19. The summed E-state index contributed by atoms with van der Waals surface area (Å²) < 4.78 is 22.4. The Labute approximate surface area is 70.6 Å². The van der Waals surface area contributed by atoms with Gasteiger partial charge in [0.25, 0.3) is 5.91 Å². The Hall–Kier alpha value is -0.620. The molecule has 0 aliphatic carbocycles. The van der Waals surface area contributed by atoms with Crippen molar-refractivity contribution in [2.45, 2.75) is 24.5 Å². The second-order valence-corrected chi connectivity index (χ2v) is 5.13. The second-order valence-electron chi connectivity index (χ2n) is 2.83. The number of nitrogens with one attached hydrogen (secondary N) is 1. The molecule has 1 fully saturated rings. The smallest absolute Gasteiger partial charge is 0.261 e. The second kappa shape index (κ2) is 3.40. The quantitative estimate of drug-likeness (QED) is 0.432. The third-order valence-corrected chi connectivity index (χ3v) is 4.16. The van der Waals surface area contributed by atoms with Crippen molar-refractivity contribution in [1.82, 2.24) is 5.48 Å². The molecule has 1 rings (SSSR count). The monoisotopic (exact) mass is 193 g/mol. The number of carbonyl (C=O) groups excluding carboxylic acids is 1. The predicted octanol–water partition coefficient (Wildman–Crippen LogP) is -0.541. The van der Waals surface area contributed by atoms with E-state index in [-0.39, 0.29) is 5.75 Å². The molecule has 1 saturated heterocycles. The van der Waals surface area contributed by atoms with Gasteiger partial charge in [-0.25, -0.2) is 13.9 Å². The summed E-state index contributed by atoms with van der Waals surface area (Å²) in [5.41, 5.74) is 1.37. The van der Waals surface area contributed by atoms with Crippen molar-refractivity contribution >= 4 is 15.7 Å². The molecule has 0 aromatic heterocycles. The van der Waals surface area contributed by atoms with E-state index in [0.717, 1.165) is 6.42 Å². The molecular weight excluding hydrogens is 182 g/mol. The molecule has 1 heterocycles. The normalized spacial score (nSPS) is 27.9. The zero-order valence-electron chi connectivity index (χ0n) is 6.49. The minimum atomic E-state index is -3.31. The Bertz CT molecular complexity index is 271. The van der Waals surface area contributed by atoms with E-state index in [4.69, 9.17) is 5.21 Å². The van der Waals surface area contributed by atoms with Gasteiger partial charge < -0.3 is 0 Å². The minimum absolute atomic E-state index is 0.0467. The Balaban J connectivity index is 2.80. The van der Waals surface area contributed by atoms with Crippen LogP contribution in [-0.2, 0) is 14.6 Å². The van der Waals surface area contributed by atoms with Crippen molar-refractivity contribution < 1.29 is 18.4 Å². The SMILES string of the molecule is O=C(NO)C1CCCCS1(=O)=O. The van der Waals surface area contributed by atoms with Gasteiger partial charge in [-0.2, -0.15) is 0 Å². The van der Waals surface area contributed by atoms with Gasteiger partial charge in [0.1, 0.15) is 5.25 Å². The lowest BCUT2D eigenvalue weighted by Gasteiger charge is -2.19. The van der Waals surface area contributed by atoms with E-state index in [1.807, 2.05) is 0 Å². The summed E-state index contributed by atoms with van der Waals surface area (Å²) in [5.74, 6) is -0.764. The summed E-state index contributed by atoms with van der Waals surface area (Å²) in [6.07, 6.45) is 1.64. The maximum atomic E-state index is 11.2. The van der Waals surface area contributed by atoms with E-state index in [1.165, 1.54) is 5.48 Å². The van der Waals surface area contributed by atoms with Crippen LogP contribution in [0, 0.1) is 0 Å². The van der Waals surface area contributed by atoms with Gasteiger partial charge >= 0.3 is 0 Å². The standard InChI is InChI=1S/C6H11NO4S/c8-6(7-9)5-3-1-2-4-12(5,10)11/h5,9H,1-4H2,(H,7,8). The number of amides is 1. The minimum Gasteiger partial charge on any atom is -0.289 e. The third-order valence-electron chi connectivity index (χ3n) is 1.98. The highest BCUT2D eigenvalue weighted by molar-refractivity contribution is 7.92. The Morgan fingerprint density at radius 3 is 2.58 bits per heavy atom. The summed E-state index contributed by atoms with van der Waals surface area (Å²) in [7, 11) is -3.31. The van der Waals surface area contributed by atoms with E-state index < -0.39 is 21.0 Å². The highest BCUT2D eigenvalue weighted by Gasteiger charge is 2.34. The van der Waals surface area contributed by atoms with Gasteiger partial charge in [0.2, 0.25) is 0 Å². The van der Waals surface area contributed by atoms with Gasteiger partial charge in [-0.15, -0.1) is 0 Å². The molecule has 2 N–H and O–H groups in total. The fraction of sp³-hybridized carbons (Fsp3) is 0.833. The fourth-order valence-electron chi connectivity index (χ4n) is 1.32. The Kier molecular flexibility index (Phi) is 2.69. The van der Waals surface area contributed by atoms with Crippen LogP contribution in [0.1, 0.15) is 19.3 Å². The molecule has 5 nitrogen and oxygen atoms in total. The van der Waals surface area contributed by atoms with E-state index in [0.29, 0.717) is 12.8 Å². The molecule has 1 unspecified atom stereocenters. The topological polar surface area (TPSA) is 83.5 Å². The first-order valence-electron chi connectivity index (χ1n) is 3.73. The van der Waals surface area contributed by atoms with Crippen molar-refractivity contribution in [3.8, 4) is 0 Å². The van der Waals surface area contributed by atoms with Crippen molar-refractivity contribution in [3.63, 3.8) is 0 Å². The fourth-order valence-corrected chi connectivity index (χ4v) is 3.12. The zero-order chi connectivity index (χ0) is 9.19. The largest absolute Gasteiger partial charge is 0.289 e. The van der Waals surface area contributed by atoms with Gasteiger partial charge in [0.15, 0.2) is 9.84 Å². The molecule has 0 spiro atoms. The van der Waals surface area contributed by atoms with Gasteiger partial charge in [-0.1, -0.05) is 6.42 Å². The number of hydrogen-bond donors (Lipinski definition) is 2. The van der Waals surface area contributed by atoms with E-state index in [9.17, 15) is 13.2 Å². The zero-order valence-corrected chi connectivity index (χ0v) is 7.30. The predicted molar refractivity (Wildman–Crippen MR) is 41.4 cm³/mol. The molecule has 0 aromatic rings. The van der Waals surface area contributed by atoms with Crippen molar-refractivity contribution in [2.75, 3.05) is 5.75 Å². The van der Waals surface area contributed by atoms with Gasteiger partial charge in [0.05, 0.1) is 5.75 Å². The lowest BCUT2D eigenvalue weighted by Crippen LogP contribution is -2.41. The number of hydroxylamine groups is 1. The number of rotatable bonds is 1. The van der Waals surface area contributed by atoms with Crippen LogP contribution in [0.25, 0.3) is 0 Å². The number of hydrogen-bond acceptors (Lipinski definition) is 4. The number of carbonyl (C=O) groups is 1. The Morgan fingerprint density at radius 2 is 2.08 bits per heavy atom. The Morgan fingerprint density at radius 1 is 1.42 bits per heavy atom. The van der Waals surface area contributed by atoms with Crippen LogP contribution in [0.3, 0.4) is 0 Å². The summed E-state index contributed by atoms with van der Waals surface area (Å²) in [6.45, 7) is 0. The molecule has 1 aliphatic heterocycles. The van der Waals surface area contributed by atoms with Crippen molar-refractivity contribution in [1.29, 1.82) is 0 Å². The summed E-state index contributed by atoms with van der Waals surface area (Å²) in [4.78, 5) is 10.8. The average molecular weight is 193 g/mol. The van der Waals surface area contributed by atoms with Crippen molar-refractivity contribution in [3.05, 3.63) is 0 Å². The van der Waals surface area contributed by atoms with Crippen LogP contribution in [0.15, 0.2) is 0 Å². The van der Waals surface area contributed by atoms with Crippen LogP contribution in [0.5, 0.6) is 0 Å². The molecule has 1 amide bonds. The van der Waals surface area contributed by atoms with Gasteiger partial charge in [-0.3, -0.25) is 10.0 Å². The van der Waals surface area contributed by atoms with Crippen LogP contribution in [-0.4, -0.2) is 30.5 Å². The average Bonchev–Trinajstić information content (AvgIpc) is 2.02. The number of sulfone groups is 1. The first kappa shape index (κ1) is 9.47. The van der Waals surface area contributed by atoms with E-state index in [1.54, 1.807) is 0 Å². The van der Waals surface area contributed by atoms with Crippen LogP contribution in [0.2, 0.25) is 0 Å². The molecule has 0 saturated carbocycles. The first-order chi connectivity index (χ1) is 5.58. The van der Waals surface area contributed by atoms with Crippen LogP contribution < -0.4 is 5.48 Å². The summed E-state index contributed by atoms with van der Waals surface area (Å²) in [6, 6.07) is 0. The molecule has 1 atom stereocenters. The van der Waals surface area contributed by atoms with Crippen LogP contribution >= 0.6 is 0 Å². The highest BCUT2D eigenvalue weighted by atomic mass is 32.2. The molecular formula is C6H11NO4S. The van der Waals surface area contributed by atoms with Gasteiger partial charge in [-0.05, 0) is 12.8 Å². The maximum absolute atomic E-state index is 11.2. The van der Waals surface area contributed by atoms with Crippen LogP contribution in [0.4, 0.5) is 0 Å².